The van der Waals surface area contributed by atoms with Crippen LogP contribution in [0.3, 0.4) is 0 Å². The highest BCUT2D eigenvalue weighted by molar-refractivity contribution is 5.66. The number of benzene rings is 2. The molecule has 1 fully saturated rings. The van der Waals surface area contributed by atoms with Gasteiger partial charge in [-0.3, -0.25) is 14.9 Å². The van der Waals surface area contributed by atoms with Crippen LogP contribution < -0.4 is 9.47 Å². The highest BCUT2D eigenvalue weighted by Gasteiger charge is 2.28. The van der Waals surface area contributed by atoms with Crippen LogP contribution in [0, 0.1) is 0 Å². The third-order valence-electron chi connectivity index (χ3n) is 6.94. The lowest BCUT2D eigenvalue weighted by atomic mass is 10.1. The van der Waals surface area contributed by atoms with Crippen molar-refractivity contribution in [1.29, 1.82) is 0 Å². The first kappa shape index (κ1) is 18.9. The van der Waals surface area contributed by atoms with Crippen molar-refractivity contribution in [2.24, 2.45) is 0 Å². The van der Waals surface area contributed by atoms with Crippen molar-refractivity contribution in [3.05, 3.63) is 65.4 Å². The summed E-state index contributed by atoms with van der Waals surface area (Å²) in [6, 6.07) is 15.7. The van der Waals surface area contributed by atoms with E-state index in [1.807, 2.05) is 18.3 Å². The lowest BCUT2D eigenvalue weighted by Crippen LogP contribution is -2.38. The van der Waals surface area contributed by atoms with E-state index in [2.05, 4.69) is 50.3 Å². The van der Waals surface area contributed by atoms with Crippen LogP contribution in [0.1, 0.15) is 23.1 Å². The molecule has 1 saturated heterocycles. The van der Waals surface area contributed by atoms with Crippen molar-refractivity contribution in [3.63, 3.8) is 0 Å². The summed E-state index contributed by atoms with van der Waals surface area (Å²) in [5.41, 5.74) is 6.49. The molecular formula is C25H28N4O2. The molecule has 3 aromatic rings. The number of nitrogens with one attached hydrogen (secondary N) is 1. The van der Waals surface area contributed by atoms with E-state index in [9.17, 15) is 0 Å². The number of aromatic nitrogens is 2. The Morgan fingerprint density at radius 1 is 0.935 bits per heavy atom. The molecule has 0 saturated carbocycles. The van der Waals surface area contributed by atoms with Crippen LogP contribution in [0.5, 0.6) is 11.5 Å². The number of rotatable bonds is 4. The minimum atomic E-state index is 0.297. The Morgan fingerprint density at radius 3 is 2.65 bits per heavy atom. The molecule has 3 heterocycles. The first-order valence-electron chi connectivity index (χ1n) is 11.3. The van der Waals surface area contributed by atoms with Gasteiger partial charge in [0.15, 0.2) is 11.5 Å². The molecule has 1 aromatic heterocycles. The van der Waals surface area contributed by atoms with Crippen molar-refractivity contribution in [3.8, 4) is 22.8 Å². The lowest BCUT2D eigenvalue weighted by Gasteiger charge is -2.27. The smallest absolute Gasteiger partial charge is 0.231 e. The first-order chi connectivity index (χ1) is 15.3. The van der Waals surface area contributed by atoms with Gasteiger partial charge in [0.25, 0.3) is 0 Å². The zero-order chi connectivity index (χ0) is 20.6. The quantitative estimate of drug-likeness (QED) is 0.706. The van der Waals surface area contributed by atoms with Gasteiger partial charge < -0.3 is 9.47 Å². The molecule has 6 rings (SSSR count). The van der Waals surface area contributed by atoms with Crippen molar-refractivity contribution in [2.45, 2.75) is 31.8 Å². The summed E-state index contributed by atoms with van der Waals surface area (Å²) in [4.78, 5) is 5.29. The van der Waals surface area contributed by atoms with Gasteiger partial charge in [0, 0.05) is 36.8 Å². The Labute approximate surface area is 182 Å². The Bertz CT molecular complexity index is 1050. The molecule has 0 amide bonds. The van der Waals surface area contributed by atoms with Crippen LogP contribution in [-0.2, 0) is 19.4 Å². The van der Waals surface area contributed by atoms with Crippen molar-refractivity contribution in [1.82, 2.24) is 20.0 Å². The maximum absolute atomic E-state index is 5.55. The van der Waals surface area contributed by atoms with Gasteiger partial charge in [-0.25, -0.2) is 0 Å². The molecule has 0 bridgehead atoms. The number of H-pyrrole nitrogens is 1. The van der Waals surface area contributed by atoms with E-state index in [4.69, 9.17) is 9.47 Å². The average molecular weight is 417 g/mol. The van der Waals surface area contributed by atoms with Gasteiger partial charge in [-0.05, 0) is 61.7 Å². The fourth-order valence-corrected chi connectivity index (χ4v) is 5.28. The molecule has 31 heavy (non-hydrogen) atoms. The molecule has 3 aliphatic rings. The van der Waals surface area contributed by atoms with E-state index in [1.165, 1.54) is 31.4 Å². The molecule has 0 spiro atoms. The number of hydrogen-bond donors (Lipinski definition) is 1. The highest BCUT2D eigenvalue weighted by atomic mass is 16.7. The van der Waals surface area contributed by atoms with Crippen molar-refractivity contribution < 1.29 is 9.47 Å². The zero-order valence-electron chi connectivity index (χ0n) is 17.7. The van der Waals surface area contributed by atoms with Crippen molar-refractivity contribution in [2.75, 3.05) is 33.0 Å². The number of aromatic amines is 1. The van der Waals surface area contributed by atoms with Crippen LogP contribution in [0.4, 0.5) is 0 Å². The van der Waals surface area contributed by atoms with Crippen molar-refractivity contribution >= 4 is 0 Å². The second kappa shape index (κ2) is 8.02. The largest absolute Gasteiger partial charge is 0.454 e. The van der Waals surface area contributed by atoms with E-state index in [0.29, 0.717) is 12.8 Å². The van der Waals surface area contributed by atoms with Gasteiger partial charge in [0.1, 0.15) is 0 Å². The molecule has 0 radical (unpaired) electrons. The standard InChI is InChI=1S/C25H28N4O2/c1-2-5-19-13-22(12-18(19)4-1)29-9-3-8-28(10-11-29)16-21-15-26-27-25(21)20-6-7-23-24(14-20)31-17-30-23/h1-2,4-7,14-15,22H,3,8-13,16-17H2,(H,26,27). The molecule has 1 N–H and O–H groups in total. The summed E-state index contributed by atoms with van der Waals surface area (Å²) >= 11 is 0. The molecular weight excluding hydrogens is 388 g/mol. The Morgan fingerprint density at radius 2 is 1.77 bits per heavy atom. The van der Waals surface area contributed by atoms with Crippen LogP contribution >= 0.6 is 0 Å². The third-order valence-corrected chi connectivity index (χ3v) is 6.94. The van der Waals surface area contributed by atoms with Gasteiger partial charge in [0.2, 0.25) is 6.79 Å². The SMILES string of the molecule is c1ccc2c(c1)CC(N1CCCN(Cc3cn[nH]c3-c3ccc4c(c3)OCO4)CC1)C2. The predicted molar refractivity (Wildman–Crippen MR) is 119 cm³/mol. The highest BCUT2D eigenvalue weighted by Crippen LogP contribution is 2.36. The van der Waals surface area contributed by atoms with Crippen LogP contribution in [0.25, 0.3) is 11.3 Å². The van der Waals surface area contributed by atoms with E-state index >= 15 is 0 Å². The molecule has 2 aliphatic heterocycles. The summed E-state index contributed by atoms with van der Waals surface area (Å²) in [5.74, 6) is 1.62. The summed E-state index contributed by atoms with van der Waals surface area (Å²) in [6.07, 6.45) is 5.58. The molecule has 2 aromatic carbocycles. The number of nitrogens with zero attached hydrogens (tertiary/aromatic N) is 3. The minimum absolute atomic E-state index is 0.297. The maximum Gasteiger partial charge on any atom is 0.231 e. The monoisotopic (exact) mass is 416 g/mol. The average Bonchev–Trinajstić information content (AvgIpc) is 3.50. The number of hydrogen-bond acceptors (Lipinski definition) is 5. The van der Waals surface area contributed by atoms with Gasteiger partial charge in [-0.2, -0.15) is 5.10 Å². The second-order valence-corrected chi connectivity index (χ2v) is 8.83. The fraction of sp³-hybridized carbons (Fsp3) is 0.400. The van der Waals surface area contributed by atoms with Crippen LogP contribution in [0.15, 0.2) is 48.7 Å². The lowest BCUT2D eigenvalue weighted by molar-refractivity contribution is 0.174. The Hall–Kier alpha value is -2.83. The first-order valence-corrected chi connectivity index (χ1v) is 11.3. The van der Waals surface area contributed by atoms with Crippen LogP contribution in [0.2, 0.25) is 0 Å². The molecule has 0 unspecified atom stereocenters. The molecule has 1 aliphatic carbocycles. The third kappa shape index (κ3) is 3.70. The predicted octanol–water partition coefficient (Wildman–Crippen LogP) is 3.48. The number of ether oxygens (including phenoxy) is 2. The topological polar surface area (TPSA) is 53.6 Å². The Balaban J connectivity index is 1.12. The number of fused-ring (bicyclic) bond motifs is 2. The normalized spacial score (nSPS) is 19.5. The zero-order valence-corrected chi connectivity index (χ0v) is 17.7. The second-order valence-electron chi connectivity index (χ2n) is 8.83. The van der Waals surface area contributed by atoms with Gasteiger partial charge in [0.05, 0.1) is 11.9 Å². The summed E-state index contributed by atoms with van der Waals surface area (Å²) < 4.78 is 11.0. The fourth-order valence-electron chi connectivity index (χ4n) is 5.28. The molecule has 6 heteroatoms. The minimum Gasteiger partial charge on any atom is -0.454 e. The van der Waals surface area contributed by atoms with Crippen LogP contribution in [-0.4, -0.2) is 59.0 Å². The van der Waals surface area contributed by atoms with Gasteiger partial charge in [-0.15, -0.1) is 0 Å². The van der Waals surface area contributed by atoms with Gasteiger partial charge >= 0.3 is 0 Å². The van der Waals surface area contributed by atoms with E-state index in [-0.39, 0.29) is 0 Å². The van der Waals surface area contributed by atoms with Gasteiger partial charge in [-0.1, -0.05) is 24.3 Å². The van der Waals surface area contributed by atoms with E-state index in [1.54, 1.807) is 11.1 Å². The summed E-state index contributed by atoms with van der Waals surface area (Å²) in [7, 11) is 0. The van der Waals surface area contributed by atoms with E-state index < -0.39 is 0 Å². The summed E-state index contributed by atoms with van der Waals surface area (Å²) in [6.45, 7) is 5.76. The Kier molecular flexibility index (Phi) is 4.89. The molecule has 0 atom stereocenters. The molecule has 160 valence electrons. The molecule has 6 nitrogen and oxygen atoms in total. The maximum atomic E-state index is 5.55. The summed E-state index contributed by atoms with van der Waals surface area (Å²) in [5, 5.41) is 7.55. The van der Waals surface area contributed by atoms with E-state index in [0.717, 1.165) is 48.9 Å².